The molecule has 0 heterocycles. The molecule has 0 aliphatic heterocycles. The van der Waals surface area contributed by atoms with Crippen molar-refractivity contribution in [1.29, 1.82) is 0 Å². The summed E-state index contributed by atoms with van der Waals surface area (Å²) in [7, 11) is 0. The standard InChI is InChI=1S/C21H24ClNO3/c1-14-13-15(21(2,3)4)9-10-18(14)26-19(24)11-12-23-20(25)16-7-5-6-8-17(16)22/h5-10,13H,11-12H2,1-4H3,(H,23,25). The molecule has 0 fully saturated rings. The van der Waals surface area contributed by atoms with Gasteiger partial charge in [0.15, 0.2) is 0 Å². The number of esters is 1. The maximum atomic E-state index is 12.0. The minimum atomic E-state index is -0.393. The highest BCUT2D eigenvalue weighted by molar-refractivity contribution is 6.33. The lowest BCUT2D eigenvalue weighted by atomic mass is 9.86. The summed E-state index contributed by atoms with van der Waals surface area (Å²) in [5.74, 6) is -0.161. The third-order valence-corrected chi connectivity index (χ3v) is 4.33. The van der Waals surface area contributed by atoms with Crippen molar-refractivity contribution in [3.63, 3.8) is 0 Å². The van der Waals surface area contributed by atoms with Gasteiger partial charge in [-0.2, -0.15) is 0 Å². The van der Waals surface area contributed by atoms with Crippen molar-refractivity contribution in [3.8, 4) is 5.75 Å². The van der Waals surface area contributed by atoms with Crippen LogP contribution in [0.25, 0.3) is 0 Å². The summed E-state index contributed by atoms with van der Waals surface area (Å²) >= 11 is 5.98. The SMILES string of the molecule is Cc1cc(C(C)(C)C)ccc1OC(=O)CCNC(=O)c1ccccc1Cl. The molecule has 0 saturated heterocycles. The first-order valence-electron chi connectivity index (χ1n) is 8.53. The van der Waals surface area contributed by atoms with E-state index < -0.39 is 5.97 Å². The summed E-state index contributed by atoms with van der Waals surface area (Å²) in [5.41, 5.74) is 2.51. The number of nitrogens with one attached hydrogen (secondary N) is 1. The van der Waals surface area contributed by atoms with Crippen LogP contribution >= 0.6 is 11.6 Å². The number of carbonyl (C=O) groups excluding carboxylic acids is 2. The average Bonchev–Trinajstić information content (AvgIpc) is 2.56. The van der Waals surface area contributed by atoms with Crippen LogP contribution in [0, 0.1) is 6.92 Å². The highest BCUT2D eigenvalue weighted by atomic mass is 35.5. The minimum absolute atomic E-state index is 0.0380. The molecule has 138 valence electrons. The monoisotopic (exact) mass is 373 g/mol. The fourth-order valence-electron chi connectivity index (χ4n) is 2.42. The van der Waals surface area contributed by atoms with E-state index in [0.717, 1.165) is 5.56 Å². The quantitative estimate of drug-likeness (QED) is 0.612. The van der Waals surface area contributed by atoms with Crippen LogP contribution in [0.5, 0.6) is 5.75 Å². The van der Waals surface area contributed by atoms with Crippen molar-refractivity contribution in [2.24, 2.45) is 0 Å². The first kappa shape index (κ1) is 20.0. The fraction of sp³-hybridized carbons (Fsp3) is 0.333. The van der Waals surface area contributed by atoms with Gasteiger partial charge >= 0.3 is 5.97 Å². The van der Waals surface area contributed by atoms with Gasteiger partial charge in [-0.25, -0.2) is 0 Å². The molecule has 5 heteroatoms. The predicted molar refractivity (Wildman–Crippen MR) is 104 cm³/mol. The summed E-state index contributed by atoms with van der Waals surface area (Å²) in [5, 5.41) is 3.05. The molecule has 26 heavy (non-hydrogen) atoms. The molecular weight excluding hydrogens is 350 g/mol. The van der Waals surface area contributed by atoms with Crippen LogP contribution in [0.15, 0.2) is 42.5 Å². The van der Waals surface area contributed by atoms with Crippen molar-refractivity contribution >= 4 is 23.5 Å². The molecule has 1 N–H and O–H groups in total. The lowest BCUT2D eigenvalue weighted by Gasteiger charge is -2.20. The number of carbonyl (C=O) groups is 2. The molecule has 2 aromatic rings. The lowest BCUT2D eigenvalue weighted by molar-refractivity contribution is -0.134. The van der Waals surface area contributed by atoms with Gasteiger partial charge in [-0.3, -0.25) is 9.59 Å². The summed E-state index contributed by atoms with van der Waals surface area (Å²) in [4.78, 5) is 24.1. The number of halogens is 1. The van der Waals surface area contributed by atoms with Gasteiger partial charge in [0.2, 0.25) is 0 Å². The molecule has 2 rings (SSSR count). The van der Waals surface area contributed by atoms with Gasteiger partial charge in [0.1, 0.15) is 5.75 Å². The van der Waals surface area contributed by atoms with E-state index in [1.165, 1.54) is 5.56 Å². The maximum Gasteiger partial charge on any atom is 0.312 e. The van der Waals surface area contributed by atoms with E-state index in [9.17, 15) is 9.59 Å². The zero-order valence-corrected chi connectivity index (χ0v) is 16.3. The summed E-state index contributed by atoms with van der Waals surface area (Å²) < 4.78 is 5.41. The Hall–Kier alpha value is -2.33. The van der Waals surface area contributed by atoms with Gasteiger partial charge in [0, 0.05) is 6.54 Å². The number of benzene rings is 2. The van der Waals surface area contributed by atoms with Crippen molar-refractivity contribution in [1.82, 2.24) is 5.32 Å². The Morgan fingerprint density at radius 3 is 2.42 bits per heavy atom. The van der Waals surface area contributed by atoms with Crippen LogP contribution in [-0.2, 0) is 10.2 Å². The fourth-order valence-corrected chi connectivity index (χ4v) is 2.64. The predicted octanol–water partition coefficient (Wildman–Crippen LogP) is 4.67. The molecule has 1 amide bonds. The third-order valence-electron chi connectivity index (χ3n) is 4.00. The second kappa shape index (κ2) is 8.37. The number of hydrogen-bond acceptors (Lipinski definition) is 3. The largest absolute Gasteiger partial charge is 0.426 e. The van der Waals surface area contributed by atoms with E-state index in [-0.39, 0.29) is 24.3 Å². The highest BCUT2D eigenvalue weighted by Gasteiger charge is 2.16. The van der Waals surface area contributed by atoms with Gasteiger partial charge in [0.25, 0.3) is 5.91 Å². The Labute approximate surface area is 159 Å². The Balaban J connectivity index is 1.88. The topological polar surface area (TPSA) is 55.4 Å². The van der Waals surface area contributed by atoms with Crippen molar-refractivity contribution in [3.05, 3.63) is 64.2 Å². The third kappa shape index (κ3) is 5.33. The number of ether oxygens (including phenoxy) is 1. The average molecular weight is 374 g/mol. The molecule has 0 radical (unpaired) electrons. The smallest absolute Gasteiger partial charge is 0.312 e. The highest BCUT2D eigenvalue weighted by Crippen LogP contribution is 2.27. The molecule has 0 saturated carbocycles. The molecule has 0 aliphatic rings. The Kier molecular flexibility index (Phi) is 6.43. The molecule has 0 spiro atoms. The lowest BCUT2D eigenvalue weighted by Crippen LogP contribution is -2.27. The number of hydrogen-bond donors (Lipinski definition) is 1. The normalized spacial score (nSPS) is 11.1. The van der Waals surface area contributed by atoms with E-state index in [1.54, 1.807) is 24.3 Å². The summed E-state index contributed by atoms with van der Waals surface area (Å²) in [6, 6.07) is 12.6. The Morgan fingerprint density at radius 1 is 1.12 bits per heavy atom. The van der Waals surface area contributed by atoms with Crippen LogP contribution in [-0.4, -0.2) is 18.4 Å². The second-order valence-electron chi connectivity index (χ2n) is 7.19. The summed E-state index contributed by atoms with van der Waals surface area (Å²) in [6.07, 6.45) is 0.0800. The van der Waals surface area contributed by atoms with Gasteiger partial charge in [0.05, 0.1) is 17.0 Å². The zero-order chi connectivity index (χ0) is 19.3. The molecule has 0 bridgehead atoms. The number of aryl methyl sites for hydroxylation is 1. The van der Waals surface area contributed by atoms with E-state index in [2.05, 4.69) is 26.1 Å². The van der Waals surface area contributed by atoms with Crippen LogP contribution in [0.2, 0.25) is 5.02 Å². The van der Waals surface area contributed by atoms with Crippen molar-refractivity contribution in [2.75, 3.05) is 6.54 Å². The number of rotatable bonds is 5. The van der Waals surface area contributed by atoms with Crippen LogP contribution in [0.3, 0.4) is 0 Å². The first-order chi connectivity index (χ1) is 12.2. The van der Waals surface area contributed by atoms with Crippen LogP contribution in [0.4, 0.5) is 0 Å². The summed E-state index contributed by atoms with van der Waals surface area (Å²) in [6.45, 7) is 8.50. The van der Waals surface area contributed by atoms with Crippen molar-refractivity contribution < 1.29 is 14.3 Å². The number of amides is 1. The van der Waals surface area contributed by atoms with Crippen LogP contribution in [0.1, 0.15) is 48.7 Å². The van der Waals surface area contributed by atoms with E-state index >= 15 is 0 Å². The second-order valence-corrected chi connectivity index (χ2v) is 7.60. The molecule has 0 atom stereocenters. The molecule has 0 aromatic heterocycles. The maximum absolute atomic E-state index is 12.0. The van der Waals surface area contributed by atoms with E-state index in [0.29, 0.717) is 16.3 Å². The van der Waals surface area contributed by atoms with Gasteiger partial charge in [-0.05, 0) is 41.7 Å². The van der Waals surface area contributed by atoms with Crippen LogP contribution < -0.4 is 10.1 Å². The molecule has 0 aliphatic carbocycles. The molecule has 4 nitrogen and oxygen atoms in total. The molecule has 2 aromatic carbocycles. The van der Waals surface area contributed by atoms with Gasteiger partial charge in [-0.15, -0.1) is 0 Å². The van der Waals surface area contributed by atoms with Gasteiger partial charge in [-0.1, -0.05) is 56.6 Å². The first-order valence-corrected chi connectivity index (χ1v) is 8.91. The zero-order valence-electron chi connectivity index (χ0n) is 15.6. The Morgan fingerprint density at radius 2 is 1.81 bits per heavy atom. The molecule has 0 unspecified atom stereocenters. The van der Waals surface area contributed by atoms with E-state index in [1.807, 2.05) is 25.1 Å². The molecular formula is C21H24ClNO3. The van der Waals surface area contributed by atoms with E-state index in [4.69, 9.17) is 16.3 Å². The Bertz CT molecular complexity index is 809. The van der Waals surface area contributed by atoms with Gasteiger partial charge < -0.3 is 10.1 Å². The minimum Gasteiger partial charge on any atom is -0.426 e. The van der Waals surface area contributed by atoms with Crippen molar-refractivity contribution in [2.45, 2.75) is 39.5 Å².